The number of ether oxygens (including phenoxy) is 1. The predicted octanol–water partition coefficient (Wildman–Crippen LogP) is 1.24. The summed E-state index contributed by atoms with van der Waals surface area (Å²) in [5.74, 6) is -1.27. The highest BCUT2D eigenvalue weighted by Crippen LogP contribution is 2.12. The number of nitrogens with two attached hydrogens (primary N) is 1. The number of carbonyl (C=O) groups excluding carboxylic acids is 3. The molecule has 2 amide bonds. The van der Waals surface area contributed by atoms with E-state index in [4.69, 9.17) is 10.5 Å². The van der Waals surface area contributed by atoms with Gasteiger partial charge in [-0.3, -0.25) is 9.59 Å². The smallest absolute Gasteiger partial charge is 0.330 e. The first-order chi connectivity index (χ1) is 11.8. The van der Waals surface area contributed by atoms with Crippen LogP contribution in [0, 0.1) is 0 Å². The third-order valence-electron chi connectivity index (χ3n) is 3.42. The van der Waals surface area contributed by atoms with Gasteiger partial charge in [0, 0.05) is 43.9 Å². The minimum Gasteiger partial charge on any atom is -0.463 e. The minimum atomic E-state index is -0.504. The van der Waals surface area contributed by atoms with Gasteiger partial charge >= 0.3 is 5.97 Å². The molecule has 25 heavy (non-hydrogen) atoms. The molecule has 0 aliphatic carbocycles. The summed E-state index contributed by atoms with van der Waals surface area (Å²) in [4.78, 5) is 36.7. The summed E-state index contributed by atoms with van der Waals surface area (Å²) in [6.45, 7) is 1.97. The summed E-state index contributed by atoms with van der Waals surface area (Å²) in [6, 6.07) is 6.59. The number of hydrogen-bond donors (Lipinski definition) is 2. The van der Waals surface area contributed by atoms with E-state index in [1.54, 1.807) is 19.1 Å². The highest BCUT2D eigenvalue weighted by atomic mass is 16.5. The highest BCUT2D eigenvalue weighted by Gasteiger charge is 2.13. The SMILES string of the molecule is CCOC(=O)/C=C/C(CCC(N)=O)NC(=O)c1ccc(N(C)C)cc1. The number of hydrogen-bond acceptors (Lipinski definition) is 5. The summed E-state index contributed by atoms with van der Waals surface area (Å²) in [7, 11) is 3.82. The van der Waals surface area contributed by atoms with Crippen molar-refractivity contribution < 1.29 is 19.1 Å². The Morgan fingerprint density at radius 1 is 1.24 bits per heavy atom. The van der Waals surface area contributed by atoms with Gasteiger partial charge in [0.15, 0.2) is 0 Å². The van der Waals surface area contributed by atoms with Gasteiger partial charge < -0.3 is 20.7 Å². The van der Waals surface area contributed by atoms with Gasteiger partial charge in [-0.2, -0.15) is 0 Å². The number of anilines is 1. The summed E-state index contributed by atoms with van der Waals surface area (Å²) in [6.07, 6.45) is 3.14. The predicted molar refractivity (Wildman–Crippen MR) is 96.2 cm³/mol. The van der Waals surface area contributed by atoms with Crippen molar-refractivity contribution in [3.63, 3.8) is 0 Å². The van der Waals surface area contributed by atoms with E-state index in [-0.39, 0.29) is 18.9 Å². The van der Waals surface area contributed by atoms with Crippen molar-refractivity contribution in [3.8, 4) is 0 Å². The maximum atomic E-state index is 12.4. The zero-order valence-electron chi connectivity index (χ0n) is 14.8. The van der Waals surface area contributed by atoms with E-state index in [0.29, 0.717) is 12.0 Å². The first-order valence-electron chi connectivity index (χ1n) is 8.05. The number of carbonyl (C=O) groups is 3. The number of nitrogens with one attached hydrogen (secondary N) is 1. The Morgan fingerprint density at radius 2 is 1.88 bits per heavy atom. The molecule has 3 N–H and O–H groups in total. The Hall–Kier alpha value is -2.83. The number of benzene rings is 1. The van der Waals surface area contributed by atoms with E-state index < -0.39 is 17.9 Å². The van der Waals surface area contributed by atoms with E-state index in [2.05, 4.69) is 5.32 Å². The molecule has 0 fully saturated rings. The lowest BCUT2D eigenvalue weighted by atomic mass is 10.1. The lowest BCUT2D eigenvalue weighted by Crippen LogP contribution is -2.34. The van der Waals surface area contributed by atoms with Gasteiger partial charge in [-0.1, -0.05) is 6.08 Å². The van der Waals surface area contributed by atoms with Crippen LogP contribution in [0.3, 0.4) is 0 Å². The number of amides is 2. The quantitative estimate of drug-likeness (QED) is 0.517. The molecule has 1 aromatic carbocycles. The molecule has 1 atom stereocenters. The third-order valence-corrected chi connectivity index (χ3v) is 3.42. The Bertz CT molecular complexity index is 624. The highest BCUT2D eigenvalue weighted by molar-refractivity contribution is 5.95. The van der Waals surface area contributed by atoms with Gasteiger partial charge in [0.05, 0.1) is 6.61 Å². The van der Waals surface area contributed by atoms with Gasteiger partial charge in [0.1, 0.15) is 0 Å². The molecule has 0 saturated heterocycles. The molecule has 0 saturated carbocycles. The zero-order valence-corrected chi connectivity index (χ0v) is 14.8. The van der Waals surface area contributed by atoms with Crippen LogP contribution in [0.2, 0.25) is 0 Å². The van der Waals surface area contributed by atoms with E-state index >= 15 is 0 Å². The van der Waals surface area contributed by atoms with Crippen molar-refractivity contribution in [3.05, 3.63) is 42.0 Å². The lowest BCUT2D eigenvalue weighted by molar-refractivity contribution is -0.137. The fourth-order valence-electron chi connectivity index (χ4n) is 2.06. The summed E-state index contributed by atoms with van der Waals surface area (Å²) < 4.78 is 4.81. The molecule has 1 aromatic rings. The average Bonchev–Trinajstić information content (AvgIpc) is 2.57. The largest absolute Gasteiger partial charge is 0.463 e. The Balaban J connectivity index is 2.78. The average molecular weight is 347 g/mol. The molecule has 1 unspecified atom stereocenters. The van der Waals surface area contributed by atoms with E-state index in [9.17, 15) is 14.4 Å². The van der Waals surface area contributed by atoms with Gasteiger partial charge in [0.25, 0.3) is 5.91 Å². The van der Waals surface area contributed by atoms with Crippen LogP contribution in [0.4, 0.5) is 5.69 Å². The molecule has 0 aliphatic heterocycles. The van der Waals surface area contributed by atoms with Crippen LogP contribution in [0.5, 0.6) is 0 Å². The first-order valence-corrected chi connectivity index (χ1v) is 8.05. The molecule has 0 aliphatic rings. The van der Waals surface area contributed by atoms with Gasteiger partial charge in [-0.15, -0.1) is 0 Å². The van der Waals surface area contributed by atoms with Gasteiger partial charge in [-0.05, 0) is 37.6 Å². The van der Waals surface area contributed by atoms with E-state index in [1.165, 1.54) is 12.2 Å². The number of nitrogens with zero attached hydrogens (tertiary/aromatic N) is 1. The molecule has 0 heterocycles. The Labute approximate surface area is 147 Å². The second-order valence-corrected chi connectivity index (χ2v) is 5.64. The van der Waals surface area contributed by atoms with Crippen molar-refractivity contribution in [2.75, 3.05) is 25.6 Å². The fraction of sp³-hybridized carbons (Fsp3) is 0.389. The number of esters is 1. The molecule has 1 rings (SSSR count). The van der Waals surface area contributed by atoms with Crippen molar-refractivity contribution in [2.45, 2.75) is 25.8 Å². The topological polar surface area (TPSA) is 102 Å². The van der Waals surface area contributed by atoms with Crippen molar-refractivity contribution in [1.82, 2.24) is 5.32 Å². The van der Waals surface area contributed by atoms with Gasteiger partial charge in [-0.25, -0.2) is 4.79 Å². The van der Waals surface area contributed by atoms with Crippen LogP contribution < -0.4 is 16.0 Å². The zero-order chi connectivity index (χ0) is 18.8. The number of rotatable bonds is 9. The summed E-state index contributed by atoms with van der Waals surface area (Å²) in [5, 5.41) is 2.78. The number of primary amides is 1. The van der Waals surface area contributed by atoms with Crippen LogP contribution in [0.25, 0.3) is 0 Å². The molecule has 0 spiro atoms. The molecular formula is C18H25N3O4. The van der Waals surface area contributed by atoms with Crippen LogP contribution in [0.15, 0.2) is 36.4 Å². The fourth-order valence-corrected chi connectivity index (χ4v) is 2.06. The van der Waals surface area contributed by atoms with Gasteiger partial charge in [0.2, 0.25) is 5.91 Å². The second kappa shape index (κ2) is 10.1. The Morgan fingerprint density at radius 3 is 2.40 bits per heavy atom. The van der Waals surface area contributed by atoms with Crippen LogP contribution >= 0.6 is 0 Å². The lowest BCUT2D eigenvalue weighted by Gasteiger charge is -2.16. The molecule has 0 aromatic heterocycles. The van der Waals surface area contributed by atoms with E-state index in [0.717, 1.165) is 5.69 Å². The van der Waals surface area contributed by atoms with Crippen LogP contribution in [-0.2, 0) is 14.3 Å². The van der Waals surface area contributed by atoms with Crippen LogP contribution in [0.1, 0.15) is 30.1 Å². The standard InChI is InChI=1S/C18H25N3O4/c1-4-25-17(23)12-8-14(7-11-16(19)22)20-18(24)13-5-9-15(10-6-13)21(2)3/h5-6,8-10,12,14H,4,7,11H2,1-3H3,(H2,19,22)(H,20,24)/b12-8+. The molecular weight excluding hydrogens is 322 g/mol. The molecule has 7 nitrogen and oxygen atoms in total. The molecule has 0 radical (unpaired) electrons. The second-order valence-electron chi connectivity index (χ2n) is 5.64. The Kier molecular flexibility index (Phi) is 8.18. The maximum absolute atomic E-state index is 12.4. The minimum absolute atomic E-state index is 0.0949. The van der Waals surface area contributed by atoms with E-state index in [1.807, 2.05) is 31.1 Å². The third kappa shape index (κ3) is 7.52. The summed E-state index contributed by atoms with van der Waals surface area (Å²) in [5.41, 5.74) is 6.62. The molecule has 136 valence electrons. The van der Waals surface area contributed by atoms with Crippen molar-refractivity contribution in [2.24, 2.45) is 5.73 Å². The van der Waals surface area contributed by atoms with Crippen LogP contribution in [-0.4, -0.2) is 44.5 Å². The first kappa shape index (κ1) is 20.2. The molecule has 7 heteroatoms. The monoisotopic (exact) mass is 347 g/mol. The van der Waals surface area contributed by atoms with Crippen molar-refractivity contribution >= 4 is 23.5 Å². The van der Waals surface area contributed by atoms with Crippen molar-refractivity contribution in [1.29, 1.82) is 0 Å². The summed E-state index contributed by atoms with van der Waals surface area (Å²) >= 11 is 0. The normalized spacial score (nSPS) is 11.8. The maximum Gasteiger partial charge on any atom is 0.330 e. The molecule has 0 bridgehead atoms.